The molecule has 98 valence electrons. The molecule has 7 heteroatoms. The zero-order chi connectivity index (χ0) is 13.8. The van der Waals surface area contributed by atoms with Crippen molar-refractivity contribution in [3.63, 3.8) is 0 Å². The summed E-state index contributed by atoms with van der Waals surface area (Å²) in [4.78, 5) is 13.2. The maximum Gasteiger partial charge on any atom is 0.228 e. The van der Waals surface area contributed by atoms with Crippen molar-refractivity contribution in [3.05, 3.63) is 27.7 Å². The molecule has 19 heavy (non-hydrogen) atoms. The van der Waals surface area contributed by atoms with Crippen molar-refractivity contribution in [1.29, 1.82) is 5.26 Å². The molecule has 1 unspecified atom stereocenters. The number of hydrogen-bond donors (Lipinski definition) is 2. The molecule has 0 amide bonds. The molecule has 2 rings (SSSR count). The first-order chi connectivity index (χ1) is 9.13. The van der Waals surface area contributed by atoms with Crippen LogP contribution in [0.25, 0.3) is 0 Å². The lowest BCUT2D eigenvalue weighted by Gasteiger charge is -2.16. The first-order valence-corrected chi connectivity index (χ1v) is 6.74. The first kappa shape index (κ1) is 13.2. The molecule has 6 nitrogen and oxygen atoms in total. The van der Waals surface area contributed by atoms with E-state index in [2.05, 4.69) is 26.3 Å². The molecule has 0 aliphatic carbocycles. The summed E-state index contributed by atoms with van der Waals surface area (Å²) >= 11 is 1.55. The average Bonchev–Trinajstić information content (AvgIpc) is 2.82. The highest BCUT2D eigenvalue weighted by molar-refractivity contribution is 7.10. The molecular formula is C12H14N6S. The van der Waals surface area contributed by atoms with E-state index >= 15 is 0 Å². The van der Waals surface area contributed by atoms with Crippen LogP contribution in [0.1, 0.15) is 35.7 Å². The van der Waals surface area contributed by atoms with Gasteiger partial charge in [-0.2, -0.15) is 20.2 Å². The summed E-state index contributed by atoms with van der Waals surface area (Å²) in [5, 5.41) is 14.2. The van der Waals surface area contributed by atoms with E-state index in [0.29, 0.717) is 17.3 Å². The van der Waals surface area contributed by atoms with Crippen molar-refractivity contribution in [3.8, 4) is 6.07 Å². The maximum absolute atomic E-state index is 9.07. The lowest BCUT2D eigenvalue weighted by molar-refractivity contribution is 0.746. The average molecular weight is 274 g/mol. The van der Waals surface area contributed by atoms with E-state index in [1.807, 2.05) is 18.4 Å². The molecule has 0 aliphatic rings. The third kappa shape index (κ3) is 2.98. The van der Waals surface area contributed by atoms with Crippen LogP contribution in [-0.2, 0) is 0 Å². The highest BCUT2D eigenvalue weighted by atomic mass is 32.1. The highest BCUT2D eigenvalue weighted by Crippen LogP contribution is 2.28. The topological polar surface area (TPSA) is 101 Å². The van der Waals surface area contributed by atoms with Gasteiger partial charge in [-0.05, 0) is 24.8 Å². The Morgan fingerprint density at radius 2 is 2.26 bits per heavy atom. The van der Waals surface area contributed by atoms with Gasteiger partial charge in [-0.1, -0.05) is 6.92 Å². The summed E-state index contributed by atoms with van der Waals surface area (Å²) in [6, 6.07) is 4.00. The van der Waals surface area contributed by atoms with Crippen LogP contribution in [0.15, 0.2) is 11.4 Å². The van der Waals surface area contributed by atoms with E-state index in [4.69, 9.17) is 11.0 Å². The Morgan fingerprint density at radius 3 is 2.89 bits per heavy atom. The fraction of sp³-hybridized carbons (Fsp3) is 0.333. The van der Waals surface area contributed by atoms with Gasteiger partial charge in [0.1, 0.15) is 11.9 Å². The van der Waals surface area contributed by atoms with E-state index in [9.17, 15) is 0 Å². The number of nitriles is 1. The third-order valence-electron chi connectivity index (χ3n) is 2.61. The SMILES string of the molecule is CCC(Nc1nc(C)nc(N)n1)c1sccc1C#N. The Hall–Kier alpha value is -2.20. The van der Waals surface area contributed by atoms with Crippen molar-refractivity contribution in [2.24, 2.45) is 0 Å². The molecule has 0 spiro atoms. The minimum Gasteiger partial charge on any atom is -0.368 e. The summed E-state index contributed by atoms with van der Waals surface area (Å²) in [5.41, 5.74) is 6.28. The lowest BCUT2D eigenvalue weighted by Crippen LogP contribution is -2.13. The van der Waals surface area contributed by atoms with Crippen molar-refractivity contribution >= 4 is 23.2 Å². The Bertz CT molecular complexity index is 595. The summed E-state index contributed by atoms with van der Waals surface area (Å²) in [7, 11) is 0. The summed E-state index contributed by atoms with van der Waals surface area (Å²) in [5.74, 6) is 1.20. The molecule has 0 saturated heterocycles. The molecule has 1 atom stereocenters. The molecule has 0 aromatic carbocycles. The third-order valence-corrected chi connectivity index (χ3v) is 3.64. The number of aryl methyl sites for hydroxylation is 1. The minimum absolute atomic E-state index is 0.00384. The van der Waals surface area contributed by atoms with Gasteiger partial charge < -0.3 is 11.1 Å². The van der Waals surface area contributed by atoms with Crippen LogP contribution in [0.5, 0.6) is 0 Å². The Morgan fingerprint density at radius 1 is 1.47 bits per heavy atom. The number of nitrogens with two attached hydrogens (primary N) is 1. The fourth-order valence-electron chi connectivity index (χ4n) is 1.76. The smallest absolute Gasteiger partial charge is 0.228 e. The Balaban J connectivity index is 2.27. The van der Waals surface area contributed by atoms with Gasteiger partial charge in [0.25, 0.3) is 0 Å². The zero-order valence-corrected chi connectivity index (χ0v) is 11.5. The summed E-state index contributed by atoms with van der Waals surface area (Å²) in [6.07, 6.45) is 0.819. The molecule has 2 heterocycles. The van der Waals surface area contributed by atoms with Crippen LogP contribution in [0.2, 0.25) is 0 Å². The molecule has 0 saturated carbocycles. The van der Waals surface area contributed by atoms with Crippen LogP contribution in [0.4, 0.5) is 11.9 Å². The van der Waals surface area contributed by atoms with Crippen LogP contribution in [0.3, 0.4) is 0 Å². The number of rotatable bonds is 4. The van der Waals surface area contributed by atoms with Gasteiger partial charge in [-0.15, -0.1) is 11.3 Å². The van der Waals surface area contributed by atoms with Gasteiger partial charge >= 0.3 is 0 Å². The second-order valence-corrected chi connectivity index (χ2v) is 4.93. The Kier molecular flexibility index (Phi) is 3.92. The lowest BCUT2D eigenvalue weighted by atomic mass is 10.1. The van der Waals surface area contributed by atoms with E-state index in [1.54, 1.807) is 18.3 Å². The largest absolute Gasteiger partial charge is 0.368 e. The summed E-state index contributed by atoms with van der Waals surface area (Å²) in [6.45, 7) is 3.80. The number of nitrogens with zero attached hydrogens (tertiary/aromatic N) is 4. The quantitative estimate of drug-likeness (QED) is 0.886. The number of nitrogens with one attached hydrogen (secondary N) is 1. The molecule has 0 fully saturated rings. The predicted molar refractivity (Wildman–Crippen MR) is 74.7 cm³/mol. The van der Waals surface area contributed by atoms with Crippen molar-refractivity contribution in [2.45, 2.75) is 26.3 Å². The normalized spacial score (nSPS) is 11.8. The molecule has 2 aromatic rings. The molecular weight excluding hydrogens is 260 g/mol. The number of thiophene rings is 1. The zero-order valence-electron chi connectivity index (χ0n) is 10.7. The van der Waals surface area contributed by atoms with Crippen molar-refractivity contribution in [2.75, 3.05) is 11.1 Å². The van der Waals surface area contributed by atoms with Crippen LogP contribution in [-0.4, -0.2) is 15.0 Å². The van der Waals surface area contributed by atoms with Crippen molar-refractivity contribution < 1.29 is 0 Å². The number of nitrogen functional groups attached to an aromatic ring is 1. The first-order valence-electron chi connectivity index (χ1n) is 5.86. The molecule has 2 aromatic heterocycles. The second kappa shape index (κ2) is 5.63. The van der Waals surface area contributed by atoms with Crippen LogP contribution >= 0.6 is 11.3 Å². The highest BCUT2D eigenvalue weighted by Gasteiger charge is 2.16. The molecule has 3 N–H and O–H groups in total. The Labute approximate surface area is 115 Å². The molecule has 0 radical (unpaired) electrons. The van der Waals surface area contributed by atoms with Gasteiger partial charge in [0.2, 0.25) is 11.9 Å². The second-order valence-electron chi connectivity index (χ2n) is 3.98. The van der Waals surface area contributed by atoms with Gasteiger partial charge in [0.05, 0.1) is 11.6 Å². The van der Waals surface area contributed by atoms with Crippen LogP contribution < -0.4 is 11.1 Å². The van der Waals surface area contributed by atoms with Gasteiger partial charge in [-0.3, -0.25) is 0 Å². The summed E-state index contributed by atoms with van der Waals surface area (Å²) < 4.78 is 0. The van der Waals surface area contributed by atoms with Gasteiger partial charge in [0, 0.05) is 4.88 Å². The molecule has 0 aliphatic heterocycles. The number of anilines is 2. The van der Waals surface area contributed by atoms with Crippen molar-refractivity contribution in [1.82, 2.24) is 15.0 Å². The van der Waals surface area contributed by atoms with Crippen LogP contribution in [0, 0.1) is 18.3 Å². The van der Waals surface area contributed by atoms with E-state index in [1.165, 1.54) is 0 Å². The number of hydrogen-bond acceptors (Lipinski definition) is 7. The predicted octanol–water partition coefficient (Wildman–Crippen LogP) is 2.26. The van der Waals surface area contributed by atoms with Gasteiger partial charge in [0.15, 0.2) is 0 Å². The van der Waals surface area contributed by atoms with E-state index in [0.717, 1.165) is 11.3 Å². The van der Waals surface area contributed by atoms with E-state index < -0.39 is 0 Å². The number of aromatic nitrogens is 3. The molecule has 0 bridgehead atoms. The monoisotopic (exact) mass is 274 g/mol. The fourth-order valence-corrected chi connectivity index (χ4v) is 2.74. The van der Waals surface area contributed by atoms with Gasteiger partial charge in [-0.25, -0.2) is 0 Å². The standard InChI is InChI=1S/C12H14N6S/c1-3-9(10-8(6-13)4-5-19-10)17-12-16-7(2)15-11(14)18-12/h4-5,9H,3H2,1-2H3,(H3,14,15,16,17,18). The van der Waals surface area contributed by atoms with E-state index in [-0.39, 0.29) is 12.0 Å². The maximum atomic E-state index is 9.07. The minimum atomic E-state index is -0.00384.